The van der Waals surface area contributed by atoms with Crippen LogP contribution in [0.25, 0.3) is 5.69 Å². The molecule has 9 heteroatoms. The van der Waals surface area contributed by atoms with Gasteiger partial charge in [0.05, 0.1) is 16.3 Å². The van der Waals surface area contributed by atoms with E-state index in [1.807, 2.05) is 0 Å². The molecule has 1 heterocycles. The second-order valence-corrected chi connectivity index (χ2v) is 5.43. The van der Waals surface area contributed by atoms with Gasteiger partial charge in [0.25, 0.3) is 5.69 Å². The SMILES string of the molecule is Cc1c(C(=O)O)c(Nc2ccc(F)cc2)nn1-c1ccc([N+](=O)[O-])cc1. The summed E-state index contributed by atoms with van der Waals surface area (Å²) in [5, 5.41) is 27.4. The van der Waals surface area contributed by atoms with Crippen LogP contribution in [0.2, 0.25) is 0 Å². The summed E-state index contributed by atoms with van der Waals surface area (Å²) in [6.45, 7) is 1.58. The summed E-state index contributed by atoms with van der Waals surface area (Å²) in [5.74, 6) is -1.51. The molecule has 0 bridgehead atoms. The van der Waals surface area contributed by atoms with Crippen LogP contribution in [0.15, 0.2) is 48.5 Å². The van der Waals surface area contributed by atoms with Crippen LogP contribution in [0.3, 0.4) is 0 Å². The Morgan fingerprint density at radius 3 is 2.35 bits per heavy atom. The fourth-order valence-electron chi connectivity index (χ4n) is 2.48. The average molecular weight is 356 g/mol. The number of non-ortho nitro benzene ring substituents is 1. The molecular weight excluding hydrogens is 343 g/mol. The van der Waals surface area contributed by atoms with Crippen molar-refractivity contribution in [2.45, 2.75) is 6.92 Å². The minimum absolute atomic E-state index is 0.0484. The third-order valence-electron chi connectivity index (χ3n) is 3.74. The Morgan fingerprint density at radius 2 is 1.81 bits per heavy atom. The number of carboxylic acids is 1. The highest BCUT2D eigenvalue weighted by Crippen LogP contribution is 2.26. The van der Waals surface area contributed by atoms with Crippen molar-refractivity contribution in [2.24, 2.45) is 0 Å². The largest absolute Gasteiger partial charge is 0.477 e. The standard InChI is InChI=1S/C17H13FN4O4/c1-10-15(17(23)24)16(19-12-4-2-11(18)3-5-12)20-21(10)13-6-8-14(9-7-13)22(25)26/h2-9H,1H3,(H,19,20)(H,23,24). The van der Waals surface area contributed by atoms with Crippen LogP contribution < -0.4 is 5.32 Å². The van der Waals surface area contributed by atoms with Crippen molar-refractivity contribution in [1.29, 1.82) is 0 Å². The summed E-state index contributed by atoms with van der Waals surface area (Å²) in [7, 11) is 0. The van der Waals surface area contributed by atoms with Crippen molar-refractivity contribution in [3.8, 4) is 5.69 Å². The molecule has 2 aromatic carbocycles. The number of carboxylic acid groups (broad SMARTS) is 1. The van der Waals surface area contributed by atoms with Crippen LogP contribution in [0, 0.1) is 22.9 Å². The fraction of sp³-hybridized carbons (Fsp3) is 0.0588. The maximum atomic E-state index is 13.0. The van der Waals surface area contributed by atoms with Crippen LogP contribution in [0.1, 0.15) is 16.1 Å². The van der Waals surface area contributed by atoms with Crippen molar-refractivity contribution in [2.75, 3.05) is 5.32 Å². The van der Waals surface area contributed by atoms with E-state index in [1.165, 1.54) is 53.2 Å². The normalized spacial score (nSPS) is 10.5. The molecule has 0 saturated carbocycles. The quantitative estimate of drug-likeness (QED) is 0.533. The Kier molecular flexibility index (Phi) is 4.36. The molecule has 3 aromatic rings. The molecule has 0 spiro atoms. The molecule has 1 aromatic heterocycles. The Balaban J connectivity index is 2.03. The zero-order chi connectivity index (χ0) is 18.8. The number of hydrogen-bond acceptors (Lipinski definition) is 5. The number of aromatic nitrogens is 2. The number of aromatic carboxylic acids is 1. The molecule has 132 valence electrons. The zero-order valence-electron chi connectivity index (χ0n) is 13.5. The molecule has 26 heavy (non-hydrogen) atoms. The smallest absolute Gasteiger partial charge is 0.341 e. The Hall–Kier alpha value is -3.75. The minimum atomic E-state index is -1.18. The summed E-state index contributed by atoms with van der Waals surface area (Å²) in [4.78, 5) is 21.9. The number of nitrogens with one attached hydrogen (secondary N) is 1. The van der Waals surface area contributed by atoms with E-state index >= 15 is 0 Å². The molecular formula is C17H13FN4O4. The topological polar surface area (TPSA) is 110 Å². The Morgan fingerprint density at radius 1 is 1.19 bits per heavy atom. The van der Waals surface area contributed by atoms with E-state index in [1.54, 1.807) is 6.92 Å². The van der Waals surface area contributed by atoms with Gasteiger partial charge in [-0.2, -0.15) is 0 Å². The summed E-state index contributed by atoms with van der Waals surface area (Å²) < 4.78 is 14.4. The van der Waals surface area contributed by atoms with E-state index in [0.717, 1.165) is 0 Å². The fourth-order valence-corrected chi connectivity index (χ4v) is 2.48. The van der Waals surface area contributed by atoms with Gasteiger partial charge < -0.3 is 10.4 Å². The van der Waals surface area contributed by atoms with Gasteiger partial charge in [-0.25, -0.2) is 13.9 Å². The lowest BCUT2D eigenvalue weighted by Gasteiger charge is -2.04. The lowest BCUT2D eigenvalue weighted by molar-refractivity contribution is -0.384. The molecule has 0 aliphatic rings. The Labute approximate surface area is 146 Å². The Bertz CT molecular complexity index is 981. The minimum Gasteiger partial charge on any atom is -0.477 e. The second-order valence-electron chi connectivity index (χ2n) is 5.43. The first kappa shape index (κ1) is 17.1. The number of anilines is 2. The maximum absolute atomic E-state index is 13.0. The van der Waals surface area contributed by atoms with Gasteiger partial charge in [-0.1, -0.05) is 0 Å². The number of benzene rings is 2. The number of carbonyl (C=O) groups is 1. The third kappa shape index (κ3) is 3.22. The van der Waals surface area contributed by atoms with Crippen LogP contribution in [0.4, 0.5) is 21.6 Å². The molecule has 0 amide bonds. The first-order chi connectivity index (χ1) is 12.4. The summed E-state index contributed by atoms with van der Waals surface area (Å²) in [5.41, 5.74) is 1.16. The van der Waals surface area contributed by atoms with E-state index in [4.69, 9.17) is 0 Å². The zero-order valence-corrected chi connectivity index (χ0v) is 13.5. The maximum Gasteiger partial charge on any atom is 0.341 e. The van der Waals surface area contributed by atoms with Crippen LogP contribution in [0.5, 0.6) is 0 Å². The van der Waals surface area contributed by atoms with Gasteiger partial charge in [0.2, 0.25) is 0 Å². The number of hydrogen-bond donors (Lipinski definition) is 2. The molecule has 0 fully saturated rings. The number of nitrogens with zero attached hydrogens (tertiary/aromatic N) is 3. The summed E-state index contributed by atoms with van der Waals surface area (Å²) >= 11 is 0. The summed E-state index contributed by atoms with van der Waals surface area (Å²) in [6.07, 6.45) is 0. The lowest BCUT2D eigenvalue weighted by atomic mass is 10.2. The van der Waals surface area contributed by atoms with E-state index in [-0.39, 0.29) is 17.1 Å². The van der Waals surface area contributed by atoms with Crippen LogP contribution in [-0.2, 0) is 0 Å². The van der Waals surface area contributed by atoms with Crippen molar-refractivity contribution in [3.05, 3.63) is 75.7 Å². The highest BCUT2D eigenvalue weighted by Gasteiger charge is 2.22. The molecule has 8 nitrogen and oxygen atoms in total. The van der Waals surface area contributed by atoms with Crippen LogP contribution >= 0.6 is 0 Å². The monoisotopic (exact) mass is 356 g/mol. The first-order valence-corrected chi connectivity index (χ1v) is 7.47. The molecule has 2 N–H and O–H groups in total. The molecule has 0 aliphatic carbocycles. The van der Waals surface area contributed by atoms with Gasteiger partial charge in [-0.05, 0) is 43.3 Å². The predicted octanol–water partition coefficient (Wildman–Crippen LogP) is 3.67. The molecule has 0 atom stereocenters. The number of rotatable bonds is 5. The molecule has 0 saturated heterocycles. The van der Waals surface area contributed by atoms with E-state index in [9.17, 15) is 24.4 Å². The number of nitro groups is 1. The van der Waals surface area contributed by atoms with E-state index in [0.29, 0.717) is 17.1 Å². The number of halogens is 1. The average Bonchev–Trinajstić information content (AvgIpc) is 2.93. The van der Waals surface area contributed by atoms with Gasteiger partial charge in [0, 0.05) is 17.8 Å². The van der Waals surface area contributed by atoms with Crippen molar-refractivity contribution >= 4 is 23.2 Å². The van der Waals surface area contributed by atoms with E-state index in [2.05, 4.69) is 10.4 Å². The van der Waals surface area contributed by atoms with Crippen molar-refractivity contribution in [3.63, 3.8) is 0 Å². The van der Waals surface area contributed by atoms with E-state index < -0.39 is 16.7 Å². The van der Waals surface area contributed by atoms with Gasteiger partial charge in [0.1, 0.15) is 11.4 Å². The second kappa shape index (κ2) is 6.63. The van der Waals surface area contributed by atoms with Crippen LogP contribution in [-0.4, -0.2) is 25.8 Å². The third-order valence-corrected chi connectivity index (χ3v) is 3.74. The molecule has 3 rings (SSSR count). The van der Waals surface area contributed by atoms with Crippen molar-refractivity contribution < 1.29 is 19.2 Å². The van der Waals surface area contributed by atoms with Gasteiger partial charge >= 0.3 is 5.97 Å². The number of nitro benzene ring substituents is 1. The highest BCUT2D eigenvalue weighted by atomic mass is 19.1. The lowest BCUT2D eigenvalue weighted by Crippen LogP contribution is -2.03. The first-order valence-electron chi connectivity index (χ1n) is 7.47. The molecule has 0 aliphatic heterocycles. The van der Waals surface area contributed by atoms with Crippen molar-refractivity contribution in [1.82, 2.24) is 9.78 Å². The van der Waals surface area contributed by atoms with Gasteiger partial charge in [-0.3, -0.25) is 10.1 Å². The predicted molar refractivity (Wildman–Crippen MR) is 91.6 cm³/mol. The van der Waals surface area contributed by atoms with Gasteiger partial charge in [-0.15, -0.1) is 5.10 Å². The molecule has 0 unspecified atom stereocenters. The van der Waals surface area contributed by atoms with Gasteiger partial charge in [0.15, 0.2) is 5.82 Å². The summed E-state index contributed by atoms with van der Waals surface area (Å²) in [6, 6.07) is 11.0. The highest BCUT2D eigenvalue weighted by molar-refractivity contribution is 5.95. The molecule has 0 radical (unpaired) electrons.